The number of esters is 1. The standard InChI is InChI=1S/C31H33N5O5S/c1-5-21-9-7-8-20(3)28(21)36-26(18-32-29(38)22-12-16-25(40-4)17-13-22)34-35-31(36)42-19-27(37)33-24-14-10-23(11-15-24)30(39)41-6-2/h7-17H,5-6,18-19H2,1-4H3,(H,32,38)(H,33,37). The van der Waals surface area contributed by atoms with E-state index in [9.17, 15) is 14.4 Å². The number of carbonyl (C=O) groups is 3. The number of aryl methyl sites for hydroxylation is 2. The van der Waals surface area contributed by atoms with E-state index >= 15 is 0 Å². The number of anilines is 1. The molecule has 0 unspecified atom stereocenters. The zero-order chi connectivity index (χ0) is 30.1. The van der Waals surface area contributed by atoms with Crippen molar-refractivity contribution in [2.75, 3.05) is 24.8 Å². The minimum absolute atomic E-state index is 0.0727. The molecule has 1 aromatic heterocycles. The highest BCUT2D eigenvalue weighted by atomic mass is 32.2. The molecule has 11 heteroatoms. The Morgan fingerprint density at radius 3 is 2.31 bits per heavy atom. The maximum Gasteiger partial charge on any atom is 0.338 e. The number of nitrogens with one attached hydrogen (secondary N) is 2. The first-order chi connectivity index (χ1) is 20.3. The van der Waals surface area contributed by atoms with Crippen molar-refractivity contribution in [1.29, 1.82) is 0 Å². The molecule has 4 rings (SSSR count). The largest absolute Gasteiger partial charge is 0.497 e. The summed E-state index contributed by atoms with van der Waals surface area (Å²) in [6, 6.07) is 19.4. The Balaban J connectivity index is 1.51. The van der Waals surface area contributed by atoms with E-state index in [0.717, 1.165) is 23.2 Å². The van der Waals surface area contributed by atoms with Crippen LogP contribution in [0.5, 0.6) is 5.75 Å². The zero-order valence-corrected chi connectivity index (χ0v) is 24.8. The van der Waals surface area contributed by atoms with E-state index in [1.165, 1.54) is 11.8 Å². The topological polar surface area (TPSA) is 124 Å². The number of hydrogen-bond donors (Lipinski definition) is 2. The molecule has 0 atom stereocenters. The van der Waals surface area contributed by atoms with E-state index < -0.39 is 5.97 Å². The average molecular weight is 588 g/mol. The van der Waals surface area contributed by atoms with Gasteiger partial charge in [0, 0.05) is 11.3 Å². The van der Waals surface area contributed by atoms with Crippen LogP contribution in [0.15, 0.2) is 71.9 Å². The van der Waals surface area contributed by atoms with Crippen molar-refractivity contribution in [2.24, 2.45) is 0 Å². The Hall–Kier alpha value is -4.64. The normalized spacial score (nSPS) is 10.7. The first-order valence-electron chi connectivity index (χ1n) is 13.5. The molecule has 0 bridgehead atoms. The number of nitrogens with zero attached hydrogens (tertiary/aromatic N) is 3. The van der Waals surface area contributed by atoms with Crippen LogP contribution < -0.4 is 15.4 Å². The molecule has 0 saturated heterocycles. The van der Waals surface area contributed by atoms with Gasteiger partial charge in [0.25, 0.3) is 5.91 Å². The van der Waals surface area contributed by atoms with Gasteiger partial charge in [-0.1, -0.05) is 36.9 Å². The number of para-hydroxylation sites is 1. The van der Waals surface area contributed by atoms with Crippen LogP contribution in [0, 0.1) is 6.92 Å². The van der Waals surface area contributed by atoms with Gasteiger partial charge in [-0.25, -0.2) is 4.79 Å². The molecule has 0 saturated carbocycles. The van der Waals surface area contributed by atoms with Gasteiger partial charge < -0.3 is 20.1 Å². The molecule has 0 aliphatic rings. The van der Waals surface area contributed by atoms with Gasteiger partial charge in [-0.3, -0.25) is 14.2 Å². The Morgan fingerprint density at radius 1 is 0.929 bits per heavy atom. The summed E-state index contributed by atoms with van der Waals surface area (Å²) in [4.78, 5) is 37.6. The lowest BCUT2D eigenvalue weighted by Crippen LogP contribution is -2.25. The predicted octanol–water partition coefficient (Wildman–Crippen LogP) is 4.98. The van der Waals surface area contributed by atoms with Crippen LogP contribution in [0.1, 0.15) is 51.5 Å². The van der Waals surface area contributed by atoms with Crippen molar-refractivity contribution in [3.8, 4) is 11.4 Å². The van der Waals surface area contributed by atoms with Crippen molar-refractivity contribution >= 4 is 35.2 Å². The summed E-state index contributed by atoms with van der Waals surface area (Å²) in [7, 11) is 1.57. The summed E-state index contributed by atoms with van der Waals surface area (Å²) >= 11 is 1.24. The minimum atomic E-state index is -0.413. The molecular weight excluding hydrogens is 554 g/mol. The zero-order valence-electron chi connectivity index (χ0n) is 24.0. The van der Waals surface area contributed by atoms with Gasteiger partial charge in [-0.2, -0.15) is 0 Å². The van der Waals surface area contributed by atoms with E-state index in [1.54, 1.807) is 62.6 Å². The number of benzene rings is 3. The summed E-state index contributed by atoms with van der Waals surface area (Å²) in [5, 5.41) is 15.1. The van der Waals surface area contributed by atoms with Gasteiger partial charge in [0.1, 0.15) is 5.75 Å². The van der Waals surface area contributed by atoms with Crippen LogP contribution in [0.25, 0.3) is 5.69 Å². The van der Waals surface area contributed by atoms with Crippen LogP contribution in [-0.2, 0) is 22.5 Å². The number of amides is 2. The second-order valence-corrected chi connectivity index (χ2v) is 10.2. The lowest BCUT2D eigenvalue weighted by molar-refractivity contribution is -0.113. The van der Waals surface area contributed by atoms with Crippen molar-refractivity contribution in [2.45, 2.75) is 38.9 Å². The predicted molar refractivity (Wildman–Crippen MR) is 161 cm³/mol. The highest BCUT2D eigenvalue weighted by Gasteiger charge is 2.20. The molecule has 2 N–H and O–H groups in total. The van der Waals surface area contributed by atoms with Crippen molar-refractivity contribution in [3.05, 3.63) is 94.8 Å². The van der Waals surface area contributed by atoms with Gasteiger partial charge in [-0.15, -0.1) is 10.2 Å². The Kier molecular flexibility index (Phi) is 10.3. The highest BCUT2D eigenvalue weighted by molar-refractivity contribution is 7.99. The number of carbonyl (C=O) groups excluding carboxylic acids is 3. The van der Waals surface area contributed by atoms with E-state index in [1.807, 2.05) is 29.7 Å². The van der Waals surface area contributed by atoms with Crippen LogP contribution in [0.2, 0.25) is 0 Å². The number of hydrogen-bond acceptors (Lipinski definition) is 8. The van der Waals surface area contributed by atoms with Crippen molar-refractivity contribution < 1.29 is 23.9 Å². The van der Waals surface area contributed by atoms with Crippen molar-refractivity contribution in [1.82, 2.24) is 20.1 Å². The summed E-state index contributed by atoms with van der Waals surface area (Å²) in [5.74, 6) is 0.367. The highest BCUT2D eigenvalue weighted by Crippen LogP contribution is 2.28. The van der Waals surface area contributed by atoms with E-state index in [2.05, 4.69) is 27.8 Å². The number of thioether (sulfide) groups is 1. The summed E-state index contributed by atoms with van der Waals surface area (Å²) in [6.07, 6.45) is 0.777. The molecule has 0 radical (unpaired) electrons. The number of methoxy groups -OCH3 is 1. The summed E-state index contributed by atoms with van der Waals surface area (Å²) < 4.78 is 12.1. The van der Waals surface area contributed by atoms with Gasteiger partial charge in [0.15, 0.2) is 11.0 Å². The van der Waals surface area contributed by atoms with E-state index in [-0.39, 0.29) is 30.7 Å². The maximum absolute atomic E-state index is 12.8. The molecule has 0 aliphatic heterocycles. The van der Waals surface area contributed by atoms with Gasteiger partial charge in [0.2, 0.25) is 5.91 Å². The van der Waals surface area contributed by atoms with E-state index in [4.69, 9.17) is 9.47 Å². The fraction of sp³-hybridized carbons (Fsp3) is 0.258. The summed E-state index contributed by atoms with van der Waals surface area (Å²) in [5.41, 5.74) is 4.50. The Labute approximate surface area is 248 Å². The molecule has 1 heterocycles. The van der Waals surface area contributed by atoms with Crippen LogP contribution in [0.3, 0.4) is 0 Å². The Morgan fingerprint density at radius 2 is 1.64 bits per heavy atom. The third-order valence-corrected chi connectivity index (χ3v) is 7.33. The summed E-state index contributed by atoms with van der Waals surface area (Å²) in [6.45, 7) is 6.25. The fourth-order valence-corrected chi connectivity index (χ4v) is 5.05. The number of ether oxygens (including phenoxy) is 2. The van der Waals surface area contributed by atoms with E-state index in [0.29, 0.717) is 33.5 Å². The SMILES string of the molecule is CCOC(=O)c1ccc(NC(=O)CSc2nnc(CNC(=O)c3ccc(OC)cc3)n2-c2c(C)cccc2CC)cc1. The fourth-order valence-electron chi connectivity index (χ4n) is 4.29. The van der Waals surface area contributed by atoms with Gasteiger partial charge in [0.05, 0.1) is 37.3 Å². The second-order valence-electron chi connectivity index (χ2n) is 9.22. The maximum atomic E-state index is 12.8. The monoisotopic (exact) mass is 587 g/mol. The third kappa shape index (κ3) is 7.35. The van der Waals surface area contributed by atoms with Crippen molar-refractivity contribution in [3.63, 3.8) is 0 Å². The molecule has 10 nitrogen and oxygen atoms in total. The lowest BCUT2D eigenvalue weighted by atomic mass is 10.1. The molecule has 4 aromatic rings. The second kappa shape index (κ2) is 14.3. The smallest absolute Gasteiger partial charge is 0.338 e. The van der Waals surface area contributed by atoms with Crippen LogP contribution in [-0.4, -0.2) is 52.0 Å². The molecule has 3 aromatic carbocycles. The first kappa shape index (κ1) is 30.3. The molecule has 0 aliphatic carbocycles. The number of aromatic nitrogens is 3. The number of rotatable bonds is 12. The molecule has 218 valence electrons. The van der Waals surface area contributed by atoms with Gasteiger partial charge >= 0.3 is 5.97 Å². The quantitative estimate of drug-likeness (QED) is 0.176. The average Bonchev–Trinajstić information content (AvgIpc) is 3.41. The molecular formula is C31H33N5O5S. The molecule has 42 heavy (non-hydrogen) atoms. The van der Waals surface area contributed by atoms with Crippen LogP contribution >= 0.6 is 11.8 Å². The molecule has 0 fully saturated rings. The Bertz CT molecular complexity index is 1550. The third-order valence-electron chi connectivity index (χ3n) is 6.40. The first-order valence-corrected chi connectivity index (χ1v) is 14.5. The molecule has 2 amide bonds. The van der Waals surface area contributed by atoms with Gasteiger partial charge in [-0.05, 0) is 79.9 Å². The van der Waals surface area contributed by atoms with Crippen LogP contribution in [0.4, 0.5) is 5.69 Å². The molecule has 0 spiro atoms. The lowest BCUT2D eigenvalue weighted by Gasteiger charge is -2.17. The minimum Gasteiger partial charge on any atom is -0.497 e.